The Bertz CT molecular complexity index is 608. The maximum atomic E-state index is 12.9. The van der Waals surface area contributed by atoms with Crippen molar-refractivity contribution in [2.45, 2.75) is 32.8 Å². The Labute approximate surface area is 130 Å². The zero-order valence-electron chi connectivity index (χ0n) is 12.8. The van der Waals surface area contributed by atoms with E-state index < -0.39 is 6.10 Å². The van der Waals surface area contributed by atoms with E-state index in [1.54, 1.807) is 0 Å². The lowest BCUT2D eigenvalue weighted by Gasteiger charge is -2.17. The Morgan fingerprint density at radius 3 is 2.27 bits per heavy atom. The van der Waals surface area contributed by atoms with Crippen molar-refractivity contribution in [2.24, 2.45) is 0 Å². The molecule has 2 aromatic rings. The molecule has 0 saturated heterocycles. The quantitative estimate of drug-likeness (QED) is 0.869. The van der Waals surface area contributed by atoms with Crippen LogP contribution in [-0.4, -0.2) is 12.0 Å². The maximum absolute atomic E-state index is 12.9. The summed E-state index contributed by atoms with van der Waals surface area (Å²) in [6, 6.07) is 13.4. The minimum absolute atomic E-state index is 0.212. The molecular weight excluding hydrogens is 281 g/mol. The molecule has 1 atom stereocenters. The van der Waals surface area contributed by atoms with Crippen molar-refractivity contribution in [2.75, 3.05) is 5.32 Å². The Hall–Kier alpha value is -2.36. The lowest BCUT2D eigenvalue weighted by atomic mass is 10.1. The number of amides is 1. The third-order valence-corrected chi connectivity index (χ3v) is 3.38. The summed E-state index contributed by atoms with van der Waals surface area (Å²) in [5, 5.41) is 2.84. The number of nitrogens with one attached hydrogen (secondary N) is 1. The van der Waals surface area contributed by atoms with E-state index in [1.807, 2.05) is 31.2 Å². The van der Waals surface area contributed by atoms with E-state index in [2.05, 4.69) is 12.2 Å². The van der Waals surface area contributed by atoms with Crippen LogP contribution in [0.25, 0.3) is 0 Å². The van der Waals surface area contributed by atoms with Gasteiger partial charge in [0.25, 0.3) is 5.91 Å². The van der Waals surface area contributed by atoms with E-state index >= 15 is 0 Å². The van der Waals surface area contributed by atoms with Gasteiger partial charge in [-0.15, -0.1) is 0 Å². The fourth-order valence-corrected chi connectivity index (χ4v) is 2.05. The molecule has 3 nitrogen and oxygen atoms in total. The molecule has 0 radical (unpaired) electrons. The van der Waals surface area contributed by atoms with E-state index in [0.29, 0.717) is 12.2 Å². The van der Waals surface area contributed by atoms with Gasteiger partial charge in [-0.05, 0) is 54.8 Å². The van der Waals surface area contributed by atoms with Gasteiger partial charge in [0.15, 0.2) is 6.10 Å². The molecule has 1 N–H and O–H groups in total. The Balaban J connectivity index is 1.99. The first-order valence-corrected chi connectivity index (χ1v) is 7.44. The number of hydrogen-bond donors (Lipinski definition) is 1. The number of aryl methyl sites for hydroxylation is 1. The number of carbonyl (C=O) groups is 1. The molecule has 1 amide bonds. The topological polar surface area (TPSA) is 38.3 Å². The summed E-state index contributed by atoms with van der Waals surface area (Å²) < 4.78 is 18.5. The van der Waals surface area contributed by atoms with E-state index in [4.69, 9.17) is 4.74 Å². The minimum atomic E-state index is -0.615. The average molecular weight is 301 g/mol. The van der Waals surface area contributed by atoms with Gasteiger partial charge < -0.3 is 10.1 Å². The van der Waals surface area contributed by atoms with E-state index in [9.17, 15) is 9.18 Å². The molecule has 116 valence electrons. The van der Waals surface area contributed by atoms with E-state index in [-0.39, 0.29) is 11.7 Å². The Kier molecular flexibility index (Phi) is 5.53. The van der Waals surface area contributed by atoms with Crippen LogP contribution >= 0.6 is 0 Å². The monoisotopic (exact) mass is 301 g/mol. The predicted octanol–water partition coefficient (Wildman–Crippen LogP) is 4.18. The highest BCUT2D eigenvalue weighted by Gasteiger charge is 2.18. The van der Waals surface area contributed by atoms with Gasteiger partial charge in [-0.2, -0.15) is 0 Å². The van der Waals surface area contributed by atoms with E-state index in [0.717, 1.165) is 12.1 Å². The van der Waals surface area contributed by atoms with Crippen LogP contribution in [0.15, 0.2) is 48.5 Å². The molecule has 2 rings (SSSR count). The van der Waals surface area contributed by atoms with Crippen LogP contribution in [0.4, 0.5) is 10.1 Å². The molecule has 0 fully saturated rings. The molecular formula is C18H20FNO2. The van der Waals surface area contributed by atoms with Crippen LogP contribution < -0.4 is 10.1 Å². The van der Waals surface area contributed by atoms with Crippen LogP contribution in [-0.2, 0) is 11.2 Å². The second-order valence-electron chi connectivity index (χ2n) is 5.01. The maximum Gasteiger partial charge on any atom is 0.265 e. The molecule has 0 unspecified atom stereocenters. The Morgan fingerprint density at radius 1 is 1.09 bits per heavy atom. The molecule has 0 aliphatic rings. The molecule has 0 spiro atoms. The minimum Gasteiger partial charge on any atom is -0.481 e. The first-order chi connectivity index (χ1) is 10.6. The molecule has 0 aliphatic heterocycles. The number of carbonyl (C=O) groups excluding carboxylic acids is 1. The number of hydrogen-bond acceptors (Lipinski definition) is 2. The van der Waals surface area contributed by atoms with Crippen molar-refractivity contribution in [3.63, 3.8) is 0 Å². The fraction of sp³-hybridized carbons (Fsp3) is 0.278. The van der Waals surface area contributed by atoms with Gasteiger partial charge in [-0.3, -0.25) is 4.79 Å². The zero-order chi connectivity index (χ0) is 15.9. The van der Waals surface area contributed by atoms with Gasteiger partial charge in [0, 0.05) is 5.69 Å². The van der Waals surface area contributed by atoms with Crippen molar-refractivity contribution in [3.05, 3.63) is 59.9 Å². The molecule has 0 aliphatic carbocycles. The summed E-state index contributed by atoms with van der Waals surface area (Å²) in [6.45, 7) is 3.95. The van der Waals surface area contributed by atoms with E-state index in [1.165, 1.54) is 29.8 Å². The number of halogens is 1. The second-order valence-corrected chi connectivity index (χ2v) is 5.01. The van der Waals surface area contributed by atoms with Crippen molar-refractivity contribution < 1.29 is 13.9 Å². The van der Waals surface area contributed by atoms with Crippen molar-refractivity contribution in [1.82, 2.24) is 0 Å². The summed E-state index contributed by atoms with van der Waals surface area (Å²) in [7, 11) is 0. The smallest absolute Gasteiger partial charge is 0.265 e. The highest BCUT2D eigenvalue weighted by atomic mass is 19.1. The molecule has 2 aromatic carbocycles. The number of benzene rings is 2. The first kappa shape index (κ1) is 16.0. The number of anilines is 1. The predicted molar refractivity (Wildman–Crippen MR) is 85.6 cm³/mol. The summed E-state index contributed by atoms with van der Waals surface area (Å²) >= 11 is 0. The fourth-order valence-electron chi connectivity index (χ4n) is 2.05. The molecule has 0 saturated carbocycles. The third kappa shape index (κ3) is 4.32. The van der Waals surface area contributed by atoms with Crippen molar-refractivity contribution in [1.29, 1.82) is 0 Å². The van der Waals surface area contributed by atoms with Gasteiger partial charge in [-0.1, -0.05) is 26.0 Å². The second kappa shape index (κ2) is 7.59. The van der Waals surface area contributed by atoms with Crippen molar-refractivity contribution in [3.8, 4) is 5.75 Å². The molecule has 0 heterocycles. The van der Waals surface area contributed by atoms with Crippen LogP contribution in [0.1, 0.15) is 25.8 Å². The highest BCUT2D eigenvalue weighted by molar-refractivity contribution is 5.94. The summed E-state index contributed by atoms with van der Waals surface area (Å²) in [5.41, 5.74) is 1.95. The number of rotatable bonds is 6. The number of ether oxygens (including phenoxy) is 1. The van der Waals surface area contributed by atoms with Gasteiger partial charge in [0.05, 0.1) is 0 Å². The standard InChI is InChI=1S/C18H20FNO2/c1-3-13-5-9-15(10-6-13)20-18(21)17(4-2)22-16-11-7-14(19)8-12-16/h5-12,17H,3-4H2,1-2H3,(H,20,21)/t17-/m1/s1. The van der Waals surface area contributed by atoms with Crippen molar-refractivity contribution >= 4 is 11.6 Å². The highest BCUT2D eigenvalue weighted by Crippen LogP contribution is 2.16. The molecule has 0 bridgehead atoms. The van der Waals surface area contributed by atoms with Crippen LogP contribution in [0.5, 0.6) is 5.75 Å². The lowest BCUT2D eigenvalue weighted by Crippen LogP contribution is -2.32. The summed E-state index contributed by atoms with van der Waals surface area (Å²) in [4.78, 5) is 12.3. The molecule has 4 heteroatoms. The van der Waals surface area contributed by atoms with Gasteiger partial charge in [0.1, 0.15) is 11.6 Å². The van der Waals surface area contributed by atoms with Crippen LogP contribution in [0.3, 0.4) is 0 Å². The summed E-state index contributed by atoms with van der Waals surface area (Å²) in [5.74, 6) is -0.0679. The van der Waals surface area contributed by atoms with Gasteiger partial charge >= 0.3 is 0 Å². The van der Waals surface area contributed by atoms with Crippen LogP contribution in [0, 0.1) is 5.82 Å². The zero-order valence-corrected chi connectivity index (χ0v) is 12.8. The third-order valence-electron chi connectivity index (χ3n) is 3.38. The first-order valence-electron chi connectivity index (χ1n) is 7.44. The van der Waals surface area contributed by atoms with Gasteiger partial charge in [0.2, 0.25) is 0 Å². The lowest BCUT2D eigenvalue weighted by molar-refractivity contribution is -0.122. The average Bonchev–Trinajstić information content (AvgIpc) is 2.55. The largest absolute Gasteiger partial charge is 0.481 e. The van der Waals surface area contributed by atoms with Gasteiger partial charge in [-0.25, -0.2) is 4.39 Å². The SMILES string of the molecule is CCc1ccc(NC(=O)[C@@H](CC)Oc2ccc(F)cc2)cc1. The Morgan fingerprint density at radius 2 is 1.73 bits per heavy atom. The van der Waals surface area contributed by atoms with Crippen LogP contribution in [0.2, 0.25) is 0 Å². The summed E-state index contributed by atoms with van der Waals surface area (Å²) in [6.07, 6.45) is 0.867. The molecule has 0 aromatic heterocycles. The molecule has 22 heavy (non-hydrogen) atoms. The normalized spacial score (nSPS) is 11.8.